The molecule has 0 radical (unpaired) electrons. The van der Waals surface area contributed by atoms with Crippen LogP contribution in [0, 0.1) is 6.92 Å². The van der Waals surface area contributed by atoms with Crippen molar-refractivity contribution < 1.29 is 4.79 Å². The summed E-state index contributed by atoms with van der Waals surface area (Å²) in [5.41, 5.74) is 1.93. The number of aromatic nitrogens is 2. The molecule has 0 aliphatic heterocycles. The molecule has 1 amide bonds. The Labute approximate surface area is 93.7 Å². The standard InChI is InChI=1S/C12H13N3O/c1-9-8-13-15-12(9)14-11(16)7-10-5-3-2-4-6-10/h2-6,8H,7H2,1H3,(H2,13,14,15,16). The van der Waals surface area contributed by atoms with Gasteiger partial charge >= 0.3 is 0 Å². The molecule has 0 fully saturated rings. The summed E-state index contributed by atoms with van der Waals surface area (Å²) in [6.45, 7) is 1.89. The summed E-state index contributed by atoms with van der Waals surface area (Å²) >= 11 is 0. The number of nitrogens with one attached hydrogen (secondary N) is 2. The Bertz CT molecular complexity index is 476. The number of aromatic amines is 1. The summed E-state index contributed by atoms with van der Waals surface area (Å²) in [6, 6.07) is 9.63. The molecular weight excluding hydrogens is 202 g/mol. The first-order valence-corrected chi connectivity index (χ1v) is 5.09. The van der Waals surface area contributed by atoms with Crippen LogP contribution in [0.1, 0.15) is 11.1 Å². The van der Waals surface area contributed by atoms with Gasteiger partial charge in [0.2, 0.25) is 5.91 Å². The van der Waals surface area contributed by atoms with Gasteiger partial charge in [-0.15, -0.1) is 0 Å². The second kappa shape index (κ2) is 4.61. The maximum atomic E-state index is 11.7. The molecule has 0 bridgehead atoms. The second-order valence-electron chi connectivity index (χ2n) is 3.64. The summed E-state index contributed by atoms with van der Waals surface area (Å²) in [5.74, 6) is 0.625. The third kappa shape index (κ3) is 2.48. The highest BCUT2D eigenvalue weighted by atomic mass is 16.1. The molecule has 0 atom stereocenters. The van der Waals surface area contributed by atoms with E-state index in [9.17, 15) is 4.79 Å². The van der Waals surface area contributed by atoms with E-state index in [1.165, 1.54) is 0 Å². The summed E-state index contributed by atoms with van der Waals surface area (Å²) in [7, 11) is 0. The van der Waals surface area contributed by atoms with Crippen molar-refractivity contribution in [3.8, 4) is 0 Å². The van der Waals surface area contributed by atoms with Gasteiger partial charge in [-0.2, -0.15) is 5.10 Å². The Balaban J connectivity index is 1.98. The molecule has 2 aromatic rings. The lowest BCUT2D eigenvalue weighted by Crippen LogP contribution is -2.15. The van der Waals surface area contributed by atoms with Crippen LogP contribution in [0.15, 0.2) is 36.5 Å². The van der Waals surface area contributed by atoms with E-state index in [1.807, 2.05) is 37.3 Å². The normalized spacial score (nSPS) is 10.1. The number of hydrogen-bond donors (Lipinski definition) is 2. The summed E-state index contributed by atoms with van der Waals surface area (Å²) < 4.78 is 0. The highest BCUT2D eigenvalue weighted by Crippen LogP contribution is 2.09. The Morgan fingerprint density at radius 2 is 2.12 bits per heavy atom. The lowest BCUT2D eigenvalue weighted by Gasteiger charge is -2.03. The molecular formula is C12H13N3O. The lowest BCUT2D eigenvalue weighted by molar-refractivity contribution is -0.115. The van der Waals surface area contributed by atoms with Gasteiger partial charge < -0.3 is 5.32 Å². The van der Waals surface area contributed by atoms with E-state index in [0.29, 0.717) is 12.2 Å². The average Bonchev–Trinajstić information content (AvgIpc) is 2.66. The third-order valence-corrected chi connectivity index (χ3v) is 2.30. The van der Waals surface area contributed by atoms with Crippen LogP contribution in [0.25, 0.3) is 0 Å². The van der Waals surface area contributed by atoms with Crippen molar-refractivity contribution in [3.63, 3.8) is 0 Å². The van der Waals surface area contributed by atoms with Crippen LogP contribution in [0.3, 0.4) is 0 Å². The number of benzene rings is 1. The van der Waals surface area contributed by atoms with Gasteiger partial charge in [0.15, 0.2) is 0 Å². The van der Waals surface area contributed by atoms with Crippen LogP contribution in [-0.2, 0) is 11.2 Å². The molecule has 0 aliphatic rings. The van der Waals surface area contributed by atoms with E-state index >= 15 is 0 Å². The Morgan fingerprint density at radius 3 is 2.75 bits per heavy atom. The van der Waals surface area contributed by atoms with Crippen molar-refractivity contribution in [2.45, 2.75) is 13.3 Å². The number of nitrogens with zero attached hydrogens (tertiary/aromatic N) is 1. The number of carbonyl (C=O) groups is 1. The van der Waals surface area contributed by atoms with E-state index in [2.05, 4.69) is 15.5 Å². The number of hydrogen-bond acceptors (Lipinski definition) is 2. The Hall–Kier alpha value is -2.10. The monoisotopic (exact) mass is 215 g/mol. The molecule has 1 aromatic heterocycles. The summed E-state index contributed by atoms with van der Waals surface area (Å²) in [5, 5.41) is 9.36. The molecule has 2 rings (SSSR count). The number of rotatable bonds is 3. The third-order valence-electron chi connectivity index (χ3n) is 2.30. The molecule has 1 heterocycles. The van der Waals surface area contributed by atoms with E-state index < -0.39 is 0 Å². The zero-order valence-corrected chi connectivity index (χ0v) is 9.03. The maximum Gasteiger partial charge on any atom is 0.229 e. The fourth-order valence-corrected chi connectivity index (χ4v) is 1.44. The lowest BCUT2D eigenvalue weighted by atomic mass is 10.1. The van der Waals surface area contributed by atoms with Gasteiger partial charge in [0, 0.05) is 5.56 Å². The molecule has 1 aromatic carbocycles. The number of anilines is 1. The quantitative estimate of drug-likeness (QED) is 0.821. The van der Waals surface area contributed by atoms with E-state index in [0.717, 1.165) is 11.1 Å². The van der Waals surface area contributed by atoms with Gasteiger partial charge in [-0.3, -0.25) is 9.89 Å². The SMILES string of the molecule is Cc1cn[nH]c1NC(=O)Cc1ccccc1. The highest BCUT2D eigenvalue weighted by Gasteiger charge is 2.06. The van der Waals surface area contributed by atoms with Gasteiger partial charge in [-0.25, -0.2) is 0 Å². The molecule has 2 N–H and O–H groups in total. The molecule has 82 valence electrons. The van der Waals surface area contributed by atoms with Crippen LogP contribution in [0.4, 0.5) is 5.82 Å². The first-order valence-electron chi connectivity index (χ1n) is 5.09. The average molecular weight is 215 g/mol. The van der Waals surface area contributed by atoms with Gasteiger partial charge in [-0.05, 0) is 12.5 Å². The molecule has 16 heavy (non-hydrogen) atoms. The summed E-state index contributed by atoms with van der Waals surface area (Å²) in [4.78, 5) is 11.7. The van der Waals surface area contributed by atoms with Crippen LogP contribution < -0.4 is 5.32 Å². The van der Waals surface area contributed by atoms with Crippen LogP contribution in [0.5, 0.6) is 0 Å². The summed E-state index contributed by atoms with van der Waals surface area (Å²) in [6.07, 6.45) is 2.05. The first-order chi connectivity index (χ1) is 7.75. The smallest absolute Gasteiger partial charge is 0.229 e. The van der Waals surface area contributed by atoms with Crippen molar-refractivity contribution in [1.29, 1.82) is 0 Å². The number of H-pyrrole nitrogens is 1. The zero-order chi connectivity index (χ0) is 11.4. The maximum absolute atomic E-state index is 11.7. The fourth-order valence-electron chi connectivity index (χ4n) is 1.44. The van der Waals surface area contributed by atoms with Gasteiger partial charge in [0.05, 0.1) is 12.6 Å². The van der Waals surface area contributed by atoms with E-state index in [1.54, 1.807) is 6.20 Å². The topological polar surface area (TPSA) is 57.8 Å². The van der Waals surface area contributed by atoms with Gasteiger partial charge in [0.1, 0.15) is 5.82 Å². The minimum Gasteiger partial charge on any atom is -0.311 e. The largest absolute Gasteiger partial charge is 0.311 e. The predicted molar refractivity (Wildman–Crippen MR) is 62.1 cm³/mol. The number of aryl methyl sites for hydroxylation is 1. The Morgan fingerprint density at radius 1 is 1.38 bits per heavy atom. The second-order valence-corrected chi connectivity index (χ2v) is 3.64. The van der Waals surface area contributed by atoms with Crippen LogP contribution in [0.2, 0.25) is 0 Å². The molecule has 4 heteroatoms. The molecule has 0 saturated carbocycles. The van der Waals surface area contributed by atoms with Gasteiger partial charge in [-0.1, -0.05) is 30.3 Å². The van der Waals surface area contributed by atoms with Crippen molar-refractivity contribution in [2.75, 3.05) is 5.32 Å². The molecule has 0 saturated heterocycles. The minimum absolute atomic E-state index is 0.0430. The van der Waals surface area contributed by atoms with E-state index in [-0.39, 0.29) is 5.91 Å². The molecule has 4 nitrogen and oxygen atoms in total. The van der Waals surface area contributed by atoms with E-state index in [4.69, 9.17) is 0 Å². The van der Waals surface area contributed by atoms with Crippen molar-refractivity contribution >= 4 is 11.7 Å². The number of carbonyl (C=O) groups excluding carboxylic acids is 1. The molecule has 0 spiro atoms. The van der Waals surface area contributed by atoms with Crippen LogP contribution in [-0.4, -0.2) is 16.1 Å². The van der Waals surface area contributed by atoms with Crippen molar-refractivity contribution in [3.05, 3.63) is 47.7 Å². The van der Waals surface area contributed by atoms with Gasteiger partial charge in [0.25, 0.3) is 0 Å². The van der Waals surface area contributed by atoms with Crippen molar-refractivity contribution in [1.82, 2.24) is 10.2 Å². The highest BCUT2D eigenvalue weighted by molar-refractivity contribution is 5.91. The fraction of sp³-hybridized carbons (Fsp3) is 0.167. The van der Waals surface area contributed by atoms with Crippen molar-refractivity contribution in [2.24, 2.45) is 0 Å². The minimum atomic E-state index is -0.0430. The van der Waals surface area contributed by atoms with Crippen LogP contribution >= 0.6 is 0 Å². The zero-order valence-electron chi connectivity index (χ0n) is 9.03. The Kier molecular flexibility index (Phi) is 3.00. The number of amides is 1. The molecule has 0 unspecified atom stereocenters. The predicted octanol–water partition coefficient (Wildman–Crippen LogP) is 1.90. The molecule has 0 aliphatic carbocycles. The first kappa shape index (κ1) is 10.4.